The lowest BCUT2D eigenvalue weighted by Crippen LogP contribution is -2.27. The second-order valence-electron chi connectivity index (χ2n) is 7.51. The van der Waals surface area contributed by atoms with Crippen molar-refractivity contribution in [3.05, 3.63) is 28.3 Å². The largest absolute Gasteiger partial charge is 0.492 e. The Kier molecular flexibility index (Phi) is 4.44. The van der Waals surface area contributed by atoms with Gasteiger partial charge in [0.1, 0.15) is 5.56 Å². The van der Waals surface area contributed by atoms with E-state index in [2.05, 4.69) is 4.90 Å². The highest BCUT2D eigenvalue weighted by Gasteiger charge is 2.40. The van der Waals surface area contributed by atoms with Gasteiger partial charge >= 0.3 is 11.9 Å². The van der Waals surface area contributed by atoms with Crippen molar-refractivity contribution in [2.75, 3.05) is 41.7 Å². The van der Waals surface area contributed by atoms with E-state index in [1.807, 2.05) is 7.05 Å². The number of carbonyl (C=O) groups is 2. The monoisotopic (exact) mass is 427 g/mol. The minimum Gasteiger partial charge on any atom is -0.492 e. The average Bonchev–Trinajstić information content (AvgIpc) is 3.35. The molecule has 0 saturated heterocycles. The van der Waals surface area contributed by atoms with Crippen molar-refractivity contribution in [2.45, 2.75) is 13.0 Å². The fraction of sp³-hybridized carbons (Fsp3) is 0.364. The van der Waals surface area contributed by atoms with E-state index in [-0.39, 0.29) is 23.7 Å². The SMILES string of the molecule is COc1c(-c2c3c(c(OC)c4c2OCO4)CN(C)CC3)cc2c(c1OC)C(=O)OC2=O. The molecular weight excluding hydrogens is 406 g/mol. The van der Waals surface area contributed by atoms with Crippen LogP contribution in [0.3, 0.4) is 0 Å². The average molecular weight is 427 g/mol. The van der Waals surface area contributed by atoms with Crippen LogP contribution in [-0.4, -0.2) is 58.6 Å². The number of hydrogen-bond donors (Lipinski definition) is 0. The van der Waals surface area contributed by atoms with E-state index < -0.39 is 11.9 Å². The van der Waals surface area contributed by atoms with Crippen LogP contribution in [0.1, 0.15) is 31.8 Å². The van der Waals surface area contributed by atoms with E-state index >= 15 is 0 Å². The maximum atomic E-state index is 12.4. The lowest BCUT2D eigenvalue weighted by Gasteiger charge is -2.30. The Hall–Kier alpha value is -3.46. The normalized spacial score (nSPS) is 16.6. The first kappa shape index (κ1) is 19.5. The molecule has 0 atom stereocenters. The molecule has 0 saturated carbocycles. The second-order valence-corrected chi connectivity index (χ2v) is 7.51. The number of rotatable bonds is 4. The van der Waals surface area contributed by atoms with Crippen LogP contribution in [0.2, 0.25) is 0 Å². The van der Waals surface area contributed by atoms with Gasteiger partial charge < -0.3 is 33.3 Å². The fourth-order valence-corrected chi connectivity index (χ4v) is 4.57. The van der Waals surface area contributed by atoms with Gasteiger partial charge in [0.2, 0.25) is 12.5 Å². The molecule has 31 heavy (non-hydrogen) atoms. The Morgan fingerprint density at radius 2 is 1.55 bits per heavy atom. The predicted molar refractivity (Wildman–Crippen MR) is 107 cm³/mol. The summed E-state index contributed by atoms with van der Waals surface area (Å²) in [6.45, 7) is 1.53. The van der Waals surface area contributed by atoms with Crippen molar-refractivity contribution in [1.29, 1.82) is 0 Å². The summed E-state index contributed by atoms with van der Waals surface area (Å²) < 4.78 is 33.3. The van der Waals surface area contributed by atoms with Crippen LogP contribution in [0.4, 0.5) is 0 Å². The maximum absolute atomic E-state index is 12.4. The molecule has 2 aromatic carbocycles. The predicted octanol–water partition coefficient (Wildman–Crippen LogP) is 2.41. The van der Waals surface area contributed by atoms with Crippen molar-refractivity contribution >= 4 is 11.9 Å². The highest BCUT2D eigenvalue weighted by Crippen LogP contribution is 2.56. The van der Waals surface area contributed by atoms with Crippen LogP contribution in [0, 0.1) is 0 Å². The van der Waals surface area contributed by atoms with Gasteiger partial charge in [-0.3, -0.25) is 0 Å². The van der Waals surface area contributed by atoms with Crippen LogP contribution < -0.4 is 23.7 Å². The molecule has 3 aliphatic rings. The molecule has 3 aliphatic heterocycles. The first-order valence-electron chi connectivity index (χ1n) is 9.75. The number of cyclic esters (lactones) is 2. The second kappa shape index (κ2) is 7.05. The Morgan fingerprint density at radius 3 is 2.26 bits per heavy atom. The molecule has 3 heterocycles. The van der Waals surface area contributed by atoms with Crippen molar-refractivity contribution < 1.29 is 38.0 Å². The van der Waals surface area contributed by atoms with Crippen LogP contribution >= 0.6 is 0 Å². The van der Waals surface area contributed by atoms with Gasteiger partial charge in [-0.25, -0.2) is 9.59 Å². The quantitative estimate of drug-likeness (QED) is 0.539. The molecular formula is C22H21NO8. The summed E-state index contributed by atoms with van der Waals surface area (Å²) in [6, 6.07) is 1.60. The Labute approximate surface area is 178 Å². The minimum atomic E-state index is -0.759. The topological polar surface area (TPSA) is 92.8 Å². The third kappa shape index (κ3) is 2.66. The highest BCUT2D eigenvalue weighted by molar-refractivity contribution is 6.17. The van der Waals surface area contributed by atoms with Gasteiger partial charge in [0.05, 0.1) is 26.9 Å². The number of nitrogens with zero attached hydrogens (tertiary/aromatic N) is 1. The van der Waals surface area contributed by atoms with Crippen molar-refractivity contribution in [1.82, 2.24) is 4.90 Å². The van der Waals surface area contributed by atoms with E-state index in [0.29, 0.717) is 35.1 Å². The smallest absolute Gasteiger partial charge is 0.350 e. The number of esters is 2. The van der Waals surface area contributed by atoms with Crippen LogP contribution in [0.15, 0.2) is 6.07 Å². The molecule has 0 N–H and O–H groups in total. The van der Waals surface area contributed by atoms with Gasteiger partial charge in [-0.15, -0.1) is 0 Å². The Bertz CT molecular complexity index is 1140. The van der Waals surface area contributed by atoms with Gasteiger partial charge in [-0.05, 0) is 25.1 Å². The van der Waals surface area contributed by atoms with E-state index in [0.717, 1.165) is 29.7 Å². The fourth-order valence-electron chi connectivity index (χ4n) is 4.57. The zero-order valence-electron chi connectivity index (χ0n) is 17.6. The molecule has 0 amide bonds. The molecule has 9 heteroatoms. The first-order chi connectivity index (χ1) is 15.0. The van der Waals surface area contributed by atoms with Gasteiger partial charge in [0, 0.05) is 29.8 Å². The lowest BCUT2D eigenvalue weighted by atomic mass is 9.87. The third-order valence-corrected chi connectivity index (χ3v) is 5.88. The van der Waals surface area contributed by atoms with Gasteiger partial charge in [-0.1, -0.05) is 0 Å². The Balaban J connectivity index is 1.88. The molecule has 5 rings (SSSR count). The summed E-state index contributed by atoms with van der Waals surface area (Å²) in [5, 5.41) is 0. The maximum Gasteiger partial charge on any atom is 0.350 e. The number of methoxy groups -OCH3 is 3. The van der Waals surface area contributed by atoms with Crippen LogP contribution in [0.5, 0.6) is 28.7 Å². The molecule has 0 aromatic heterocycles. The Morgan fingerprint density at radius 1 is 0.839 bits per heavy atom. The third-order valence-electron chi connectivity index (χ3n) is 5.88. The number of hydrogen-bond acceptors (Lipinski definition) is 9. The van der Waals surface area contributed by atoms with E-state index in [9.17, 15) is 9.59 Å². The standard InChI is InChI=1S/C22H21NO8/c1-23-6-5-10-13(8-23)17(27-3)20-19(29-9-30-20)14(10)11-7-12-15(22(25)31-21(12)24)18(28-4)16(11)26-2/h7H,5-6,8-9H2,1-4H3. The van der Waals surface area contributed by atoms with E-state index in [1.165, 1.54) is 14.2 Å². The zero-order chi connectivity index (χ0) is 21.9. The first-order valence-corrected chi connectivity index (χ1v) is 9.75. The number of benzene rings is 2. The van der Waals surface area contributed by atoms with Gasteiger partial charge in [0.15, 0.2) is 23.0 Å². The number of carbonyl (C=O) groups excluding carboxylic acids is 2. The highest BCUT2D eigenvalue weighted by atomic mass is 16.7. The van der Waals surface area contributed by atoms with Crippen molar-refractivity contribution in [3.8, 4) is 39.9 Å². The molecule has 0 unspecified atom stereocenters. The molecule has 0 aliphatic carbocycles. The molecule has 0 fully saturated rings. The molecule has 162 valence electrons. The molecule has 0 spiro atoms. The number of likely N-dealkylation sites (N-methyl/N-ethyl adjacent to an activating group) is 1. The minimum absolute atomic E-state index is 0.0440. The molecule has 0 radical (unpaired) electrons. The van der Waals surface area contributed by atoms with Crippen molar-refractivity contribution in [3.63, 3.8) is 0 Å². The van der Waals surface area contributed by atoms with Crippen molar-refractivity contribution in [2.24, 2.45) is 0 Å². The molecule has 0 bridgehead atoms. The summed E-state index contributed by atoms with van der Waals surface area (Å²) in [5.41, 5.74) is 3.48. The molecule has 9 nitrogen and oxygen atoms in total. The number of ether oxygens (including phenoxy) is 6. The van der Waals surface area contributed by atoms with E-state index in [4.69, 9.17) is 28.4 Å². The van der Waals surface area contributed by atoms with Gasteiger partial charge in [0.25, 0.3) is 0 Å². The van der Waals surface area contributed by atoms with Crippen LogP contribution in [0.25, 0.3) is 11.1 Å². The zero-order valence-corrected chi connectivity index (χ0v) is 17.6. The van der Waals surface area contributed by atoms with Gasteiger partial charge in [-0.2, -0.15) is 0 Å². The lowest BCUT2D eigenvalue weighted by molar-refractivity contribution is 0.0442. The molecule has 2 aromatic rings. The number of fused-ring (bicyclic) bond motifs is 3. The summed E-state index contributed by atoms with van der Waals surface area (Å²) in [6.07, 6.45) is 0.722. The summed E-state index contributed by atoms with van der Waals surface area (Å²) in [7, 11) is 6.54. The summed E-state index contributed by atoms with van der Waals surface area (Å²) >= 11 is 0. The summed E-state index contributed by atoms with van der Waals surface area (Å²) in [4.78, 5) is 26.8. The summed E-state index contributed by atoms with van der Waals surface area (Å²) in [5.74, 6) is 0.639. The van der Waals surface area contributed by atoms with E-state index in [1.54, 1.807) is 13.2 Å². The van der Waals surface area contributed by atoms with Crippen LogP contribution in [-0.2, 0) is 17.7 Å².